The van der Waals surface area contributed by atoms with Crippen molar-refractivity contribution in [1.29, 1.82) is 0 Å². The van der Waals surface area contributed by atoms with Crippen LogP contribution in [0.2, 0.25) is 0 Å². The minimum Gasteiger partial charge on any atom is -0.460 e. The summed E-state index contributed by atoms with van der Waals surface area (Å²) < 4.78 is 41.0. The van der Waals surface area contributed by atoms with Gasteiger partial charge in [-0.25, -0.2) is 8.42 Å². The molecule has 3 aromatic rings. The Morgan fingerprint density at radius 2 is 1.67 bits per heavy atom. The van der Waals surface area contributed by atoms with Crippen LogP contribution >= 0.6 is 0 Å². The molecule has 3 aromatic carbocycles. The first-order valence-electron chi connectivity index (χ1n) is 13.3. The highest BCUT2D eigenvalue weighted by atomic mass is 32.2. The number of aliphatic hydroxyl groups excluding tert-OH is 1. The topological polar surface area (TPSA) is 102 Å². The monoisotopic (exact) mass is 551 g/mol. The lowest BCUT2D eigenvalue weighted by atomic mass is 9.92. The number of esters is 1. The first kappa shape index (κ1) is 29.0. The summed E-state index contributed by atoms with van der Waals surface area (Å²) in [5.74, 6) is -1.24. The number of aryl methyl sites for hydroxylation is 1. The van der Waals surface area contributed by atoms with Crippen LogP contribution in [0, 0.1) is 18.8 Å². The van der Waals surface area contributed by atoms with E-state index in [0.717, 1.165) is 22.3 Å². The number of hydrogen-bond donors (Lipinski definition) is 2. The van der Waals surface area contributed by atoms with Gasteiger partial charge in [0, 0.05) is 6.42 Å². The van der Waals surface area contributed by atoms with Gasteiger partial charge in [-0.1, -0.05) is 86.1 Å². The maximum atomic E-state index is 13.5. The summed E-state index contributed by atoms with van der Waals surface area (Å²) in [5, 5.41) is 10.9. The van der Waals surface area contributed by atoms with Crippen LogP contribution in [0.25, 0.3) is 0 Å². The molecule has 0 aromatic heterocycles. The predicted octanol–water partition coefficient (Wildman–Crippen LogP) is 4.72. The minimum absolute atomic E-state index is 0.0181. The molecule has 0 heterocycles. The van der Waals surface area contributed by atoms with E-state index in [2.05, 4.69) is 4.72 Å². The van der Waals surface area contributed by atoms with Crippen LogP contribution in [-0.2, 0) is 37.3 Å². The van der Waals surface area contributed by atoms with Gasteiger partial charge in [0.25, 0.3) is 0 Å². The number of carbonyl (C=O) groups is 1. The first-order chi connectivity index (χ1) is 18.6. The molecule has 8 heteroatoms. The molecule has 0 radical (unpaired) electrons. The van der Waals surface area contributed by atoms with Crippen LogP contribution in [0.15, 0.2) is 83.8 Å². The Labute approximate surface area is 231 Å². The molecule has 208 valence electrons. The Balaban J connectivity index is 1.49. The standard InChI is InChI=1S/C31H37NO6S/c1-21(2)17-27(28(33)20-37-19-23-9-5-4-6-10-23)31(34)38-29-18-24-11-7-8-12-26(24)30(29)32-39(35,36)25-15-13-22(3)14-16-25/h4-16,21,27-30,32-33H,17-20H2,1-3H3/t27-,28+,29+,30-/m0/s1. The molecule has 0 aliphatic heterocycles. The molecule has 0 amide bonds. The molecule has 4 atom stereocenters. The zero-order valence-corrected chi connectivity index (χ0v) is 23.4. The minimum atomic E-state index is -3.88. The highest BCUT2D eigenvalue weighted by Gasteiger charge is 2.40. The lowest BCUT2D eigenvalue weighted by molar-refractivity contribution is -0.161. The van der Waals surface area contributed by atoms with E-state index in [1.807, 2.05) is 75.4 Å². The normalized spacial score (nSPS) is 18.5. The molecule has 1 aliphatic rings. The fraction of sp³-hybridized carbons (Fsp3) is 0.387. The molecule has 0 fully saturated rings. The van der Waals surface area contributed by atoms with Crippen LogP contribution in [0.4, 0.5) is 0 Å². The van der Waals surface area contributed by atoms with Gasteiger partial charge < -0.3 is 14.6 Å². The van der Waals surface area contributed by atoms with E-state index in [-0.39, 0.29) is 17.4 Å². The van der Waals surface area contributed by atoms with Gasteiger partial charge in [0.2, 0.25) is 10.0 Å². The number of aliphatic hydroxyl groups is 1. The highest BCUT2D eigenvalue weighted by Crippen LogP contribution is 2.35. The molecule has 1 aliphatic carbocycles. The van der Waals surface area contributed by atoms with Crippen molar-refractivity contribution in [3.63, 3.8) is 0 Å². The second kappa shape index (κ2) is 12.9. The zero-order chi connectivity index (χ0) is 28.0. The van der Waals surface area contributed by atoms with Gasteiger partial charge in [-0.05, 0) is 48.1 Å². The first-order valence-corrected chi connectivity index (χ1v) is 14.8. The third-order valence-electron chi connectivity index (χ3n) is 6.96. The fourth-order valence-electron chi connectivity index (χ4n) is 4.90. The van der Waals surface area contributed by atoms with Gasteiger partial charge in [-0.2, -0.15) is 4.72 Å². The van der Waals surface area contributed by atoms with E-state index in [9.17, 15) is 18.3 Å². The Hall–Kier alpha value is -3.04. The van der Waals surface area contributed by atoms with E-state index in [1.54, 1.807) is 24.3 Å². The smallest absolute Gasteiger partial charge is 0.312 e. The van der Waals surface area contributed by atoms with Crippen molar-refractivity contribution < 1.29 is 27.8 Å². The Bertz CT molecular complexity index is 1340. The largest absolute Gasteiger partial charge is 0.460 e. The third-order valence-corrected chi connectivity index (χ3v) is 8.41. The molecule has 0 bridgehead atoms. The summed E-state index contributed by atoms with van der Waals surface area (Å²) in [6, 6.07) is 22.9. The van der Waals surface area contributed by atoms with Gasteiger partial charge in [-0.3, -0.25) is 4.79 Å². The predicted molar refractivity (Wildman–Crippen MR) is 149 cm³/mol. The zero-order valence-electron chi connectivity index (χ0n) is 22.6. The number of fused-ring (bicyclic) bond motifs is 1. The highest BCUT2D eigenvalue weighted by molar-refractivity contribution is 7.89. The fourth-order valence-corrected chi connectivity index (χ4v) is 6.15. The van der Waals surface area contributed by atoms with Crippen LogP contribution in [-0.4, -0.2) is 38.3 Å². The summed E-state index contributed by atoms with van der Waals surface area (Å²) >= 11 is 0. The van der Waals surface area contributed by atoms with Crippen LogP contribution < -0.4 is 4.72 Å². The summed E-state index contributed by atoms with van der Waals surface area (Å²) in [4.78, 5) is 13.6. The molecule has 39 heavy (non-hydrogen) atoms. The summed E-state index contributed by atoms with van der Waals surface area (Å²) in [5.41, 5.74) is 3.62. The third kappa shape index (κ3) is 7.54. The van der Waals surface area contributed by atoms with Gasteiger partial charge >= 0.3 is 5.97 Å². The van der Waals surface area contributed by atoms with Crippen molar-refractivity contribution in [3.05, 3.63) is 101 Å². The van der Waals surface area contributed by atoms with Crippen molar-refractivity contribution >= 4 is 16.0 Å². The van der Waals surface area contributed by atoms with E-state index in [0.29, 0.717) is 19.4 Å². The number of carbonyl (C=O) groups excluding carboxylic acids is 1. The Morgan fingerprint density at radius 1 is 1.00 bits per heavy atom. The Kier molecular flexibility index (Phi) is 9.56. The SMILES string of the molecule is Cc1ccc(S(=O)(=O)N[C@H]2c3ccccc3C[C@H]2OC(=O)[C@@H](CC(C)C)[C@H](O)COCc2ccccc2)cc1. The summed E-state index contributed by atoms with van der Waals surface area (Å²) in [7, 11) is -3.88. The van der Waals surface area contributed by atoms with E-state index in [1.165, 1.54) is 0 Å². The quantitative estimate of drug-likeness (QED) is 0.316. The number of hydrogen-bond acceptors (Lipinski definition) is 6. The summed E-state index contributed by atoms with van der Waals surface area (Å²) in [6.07, 6.45) is -1.02. The number of ether oxygens (including phenoxy) is 2. The molecule has 7 nitrogen and oxygen atoms in total. The van der Waals surface area contributed by atoms with Gasteiger partial charge in [0.05, 0.1) is 36.2 Å². The van der Waals surface area contributed by atoms with Crippen molar-refractivity contribution in [2.24, 2.45) is 11.8 Å². The molecule has 0 spiro atoms. The van der Waals surface area contributed by atoms with Crippen molar-refractivity contribution in [2.75, 3.05) is 6.61 Å². The average molecular weight is 552 g/mol. The average Bonchev–Trinajstić information content (AvgIpc) is 3.24. The van der Waals surface area contributed by atoms with Gasteiger partial charge in [-0.15, -0.1) is 0 Å². The molecular formula is C31H37NO6S. The molecule has 0 saturated carbocycles. The van der Waals surface area contributed by atoms with Crippen molar-refractivity contribution in [1.82, 2.24) is 4.72 Å². The molecular weight excluding hydrogens is 514 g/mol. The van der Waals surface area contributed by atoms with Crippen LogP contribution in [0.5, 0.6) is 0 Å². The lowest BCUT2D eigenvalue weighted by Crippen LogP contribution is -2.40. The number of nitrogens with one attached hydrogen (secondary N) is 1. The van der Waals surface area contributed by atoms with Crippen molar-refractivity contribution in [3.8, 4) is 0 Å². The van der Waals surface area contributed by atoms with Gasteiger partial charge in [0.1, 0.15) is 6.10 Å². The van der Waals surface area contributed by atoms with Crippen LogP contribution in [0.1, 0.15) is 48.6 Å². The lowest BCUT2D eigenvalue weighted by Gasteiger charge is -2.27. The van der Waals surface area contributed by atoms with Crippen LogP contribution in [0.3, 0.4) is 0 Å². The molecule has 0 saturated heterocycles. The van der Waals surface area contributed by atoms with E-state index >= 15 is 0 Å². The second-order valence-electron chi connectivity index (χ2n) is 10.6. The number of rotatable bonds is 12. The maximum Gasteiger partial charge on any atom is 0.312 e. The van der Waals surface area contributed by atoms with E-state index in [4.69, 9.17) is 9.47 Å². The molecule has 2 N–H and O–H groups in total. The van der Waals surface area contributed by atoms with E-state index < -0.39 is 40.2 Å². The molecule has 0 unspecified atom stereocenters. The number of sulfonamides is 1. The summed E-state index contributed by atoms with van der Waals surface area (Å²) in [6.45, 7) is 6.14. The van der Waals surface area contributed by atoms with Gasteiger partial charge in [0.15, 0.2) is 0 Å². The Morgan fingerprint density at radius 3 is 2.36 bits per heavy atom. The number of benzene rings is 3. The maximum absolute atomic E-state index is 13.5. The molecule has 4 rings (SSSR count). The van der Waals surface area contributed by atoms with Crippen molar-refractivity contribution in [2.45, 2.75) is 63.4 Å². The second-order valence-corrected chi connectivity index (χ2v) is 12.3.